The fourth-order valence-corrected chi connectivity index (χ4v) is 3.52. The van der Waals surface area contributed by atoms with Gasteiger partial charge in [0.15, 0.2) is 0 Å². The Balaban J connectivity index is 1.31. The zero-order valence-electron chi connectivity index (χ0n) is 16.4. The lowest BCUT2D eigenvalue weighted by atomic mass is 10.1. The van der Waals surface area contributed by atoms with E-state index in [9.17, 15) is 9.59 Å². The maximum absolute atomic E-state index is 12.3. The lowest BCUT2D eigenvalue weighted by Gasteiger charge is -2.31. The van der Waals surface area contributed by atoms with Crippen LogP contribution in [0.25, 0.3) is 10.9 Å². The molecule has 156 valence electrons. The number of aliphatic carboxylic acids is 1. The van der Waals surface area contributed by atoms with Crippen LogP contribution >= 0.6 is 0 Å². The molecule has 4 rings (SSSR count). The Morgan fingerprint density at radius 2 is 1.83 bits per heavy atom. The number of para-hydroxylation sites is 1. The normalized spacial score (nSPS) is 14.6. The predicted octanol–water partition coefficient (Wildman–Crippen LogP) is 3.55. The molecule has 1 saturated heterocycles. The van der Waals surface area contributed by atoms with Gasteiger partial charge in [0.2, 0.25) is 0 Å². The fourth-order valence-electron chi connectivity index (χ4n) is 3.52. The number of carboxylic acid groups (broad SMARTS) is 1. The number of piperidine rings is 1. The third kappa shape index (κ3) is 4.71. The molecule has 1 amide bonds. The summed E-state index contributed by atoms with van der Waals surface area (Å²) in [7, 11) is 0. The van der Waals surface area contributed by atoms with Gasteiger partial charge in [-0.2, -0.15) is 5.10 Å². The highest BCUT2D eigenvalue weighted by Gasteiger charge is 2.25. The Bertz CT molecular complexity index is 1030. The molecule has 0 bridgehead atoms. The van der Waals surface area contributed by atoms with Crippen molar-refractivity contribution in [3.63, 3.8) is 0 Å². The zero-order chi connectivity index (χ0) is 20.9. The van der Waals surface area contributed by atoms with Crippen molar-refractivity contribution in [2.75, 3.05) is 13.1 Å². The van der Waals surface area contributed by atoms with E-state index < -0.39 is 5.97 Å². The number of carboxylic acids is 1. The van der Waals surface area contributed by atoms with Gasteiger partial charge < -0.3 is 19.5 Å². The second-order valence-corrected chi connectivity index (χ2v) is 7.22. The number of carbonyl (C=O) groups excluding carboxylic acids is 1. The molecule has 2 aromatic carbocycles. The smallest absolute Gasteiger partial charge is 0.415 e. The van der Waals surface area contributed by atoms with Crippen LogP contribution in [-0.4, -0.2) is 51.0 Å². The number of amides is 1. The van der Waals surface area contributed by atoms with Crippen LogP contribution in [-0.2, 0) is 11.3 Å². The van der Waals surface area contributed by atoms with E-state index in [1.807, 2.05) is 36.4 Å². The third-order valence-electron chi connectivity index (χ3n) is 5.10. The van der Waals surface area contributed by atoms with Gasteiger partial charge in [0, 0.05) is 31.3 Å². The summed E-state index contributed by atoms with van der Waals surface area (Å²) in [5.74, 6) is 0.432. The zero-order valence-corrected chi connectivity index (χ0v) is 16.4. The van der Waals surface area contributed by atoms with Crippen LogP contribution in [0.15, 0.2) is 54.7 Å². The van der Waals surface area contributed by atoms with Gasteiger partial charge in [-0.25, -0.2) is 4.79 Å². The lowest BCUT2D eigenvalue weighted by Crippen LogP contribution is -2.43. The summed E-state index contributed by atoms with van der Waals surface area (Å²) in [5.41, 5.74) is 0.877. The maximum Gasteiger partial charge on any atom is 0.415 e. The summed E-state index contributed by atoms with van der Waals surface area (Å²) in [5, 5.41) is 14.0. The first-order valence-electron chi connectivity index (χ1n) is 9.94. The summed E-state index contributed by atoms with van der Waals surface area (Å²) in [6, 6.07) is 14.7. The maximum atomic E-state index is 12.3. The number of benzene rings is 2. The molecule has 1 fully saturated rings. The number of carbonyl (C=O) groups is 2. The second kappa shape index (κ2) is 8.86. The van der Waals surface area contributed by atoms with Crippen molar-refractivity contribution in [1.82, 2.24) is 14.7 Å². The molecule has 8 heteroatoms. The first-order chi connectivity index (χ1) is 14.6. The number of rotatable bonds is 6. The third-order valence-corrected chi connectivity index (χ3v) is 5.10. The first kappa shape index (κ1) is 19.8. The number of nitrogens with zero attached hydrogens (tertiary/aromatic N) is 3. The predicted molar refractivity (Wildman–Crippen MR) is 110 cm³/mol. The number of likely N-dealkylation sites (tertiary alicyclic amines) is 1. The number of ether oxygens (including phenoxy) is 2. The standard InChI is InChI=1S/C22H23N3O5/c26-21(27)10-13-25-20-7-6-19(14-16(20)15-23-25)29-18-8-11-24(12-9-18)22(28)30-17-4-2-1-3-5-17/h1-7,14-15,18H,8-13H2,(H,26,27). The summed E-state index contributed by atoms with van der Waals surface area (Å²) >= 11 is 0. The average molecular weight is 409 g/mol. The SMILES string of the molecule is O=C(O)CCn1ncc2cc(OC3CCN(C(=O)Oc4ccccc4)CC3)ccc21. The quantitative estimate of drug-likeness (QED) is 0.669. The molecule has 1 N–H and O–H groups in total. The molecule has 1 aliphatic heterocycles. The van der Waals surface area contributed by atoms with Crippen LogP contribution in [0.2, 0.25) is 0 Å². The van der Waals surface area contributed by atoms with Crippen molar-refractivity contribution in [2.24, 2.45) is 0 Å². The van der Waals surface area contributed by atoms with Crippen LogP contribution in [0.4, 0.5) is 4.79 Å². The van der Waals surface area contributed by atoms with Crippen molar-refractivity contribution >= 4 is 23.0 Å². The minimum Gasteiger partial charge on any atom is -0.490 e. The van der Waals surface area contributed by atoms with Crippen LogP contribution in [0, 0.1) is 0 Å². The topological polar surface area (TPSA) is 93.9 Å². The molecule has 0 spiro atoms. The van der Waals surface area contributed by atoms with Crippen LogP contribution in [0.1, 0.15) is 19.3 Å². The van der Waals surface area contributed by atoms with E-state index in [-0.39, 0.29) is 18.6 Å². The van der Waals surface area contributed by atoms with Gasteiger partial charge in [-0.1, -0.05) is 18.2 Å². The van der Waals surface area contributed by atoms with E-state index in [1.165, 1.54) is 0 Å². The van der Waals surface area contributed by atoms with Gasteiger partial charge >= 0.3 is 12.1 Å². The Hall–Kier alpha value is -3.55. The largest absolute Gasteiger partial charge is 0.490 e. The van der Waals surface area contributed by atoms with Gasteiger partial charge in [-0.05, 0) is 30.3 Å². The van der Waals surface area contributed by atoms with Gasteiger partial charge in [0.05, 0.1) is 24.7 Å². The molecule has 0 unspecified atom stereocenters. The highest BCUT2D eigenvalue weighted by Crippen LogP contribution is 2.24. The van der Waals surface area contributed by atoms with Crippen LogP contribution in [0.5, 0.6) is 11.5 Å². The van der Waals surface area contributed by atoms with Crippen molar-refractivity contribution in [1.29, 1.82) is 0 Å². The first-order valence-corrected chi connectivity index (χ1v) is 9.94. The molecule has 1 aromatic heterocycles. The summed E-state index contributed by atoms with van der Waals surface area (Å²) < 4.78 is 13.2. The van der Waals surface area contributed by atoms with Crippen molar-refractivity contribution in [2.45, 2.75) is 31.9 Å². The van der Waals surface area contributed by atoms with E-state index in [0.29, 0.717) is 25.4 Å². The Morgan fingerprint density at radius 1 is 1.07 bits per heavy atom. The molecular formula is C22H23N3O5. The van der Waals surface area contributed by atoms with Gasteiger partial charge in [-0.15, -0.1) is 0 Å². The molecule has 3 aromatic rings. The molecule has 0 saturated carbocycles. The molecule has 1 aliphatic rings. The van der Waals surface area contributed by atoms with E-state index >= 15 is 0 Å². The number of hydrogen-bond acceptors (Lipinski definition) is 5. The molecule has 30 heavy (non-hydrogen) atoms. The Kier molecular flexibility index (Phi) is 5.83. The van der Waals surface area contributed by atoms with Crippen molar-refractivity contribution in [3.8, 4) is 11.5 Å². The number of aryl methyl sites for hydroxylation is 1. The Labute approximate surface area is 173 Å². The van der Waals surface area contributed by atoms with Crippen molar-refractivity contribution in [3.05, 3.63) is 54.7 Å². The minimum absolute atomic E-state index is 0.0188. The number of hydrogen-bond donors (Lipinski definition) is 1. The molecular weight excluding hydrogens is 386 g/mol. The lowest BCUT2D eigenvalue weighted by molar-refractivity contribution is -0.137. The van der Waals surface area contributed by atoms with Crippen molar-refractivity contribution < 1.29 is 24.2 Å². The van der Waals surface area contributed by atoms with E-state index in [0.717, 1.165) is 29.5 Å². The average Bonchev–Trinajstić information content (AvgIpc) is 3.15. The summed E-state index contributed by atoms with van der Waals surface area (Å²) in [6.07, 6.45) is 2.87. The van der Waals surface area contributed by atoms with Gasteiger partial charge in [0.1, 0.15) is 17.6 Å². The van der Waals surface area contributed by atoms with Crippen LogP contribution < -0.4 is 9.47 Å². The summed E-state index contributed by atoms with van der Waals surface area (Å²) in [4.78, 5) is 24.8. The Morgan fingerprint density at radius 3 is 2.57 bits per heavy atom. The van der Waals surface area contributed by atoms with E-state index in [4.69, 9.17) is 14.6 Å². The van der Waals surface area contributed by atoms with E-state index in [2.05, 4.69) is 5.10 Å². The number of fused-ring (bicyclic) bond motifs is 1. The van der Waals surface area contributed by atoms with Gasteiger partial charge in [0.25, 0.3) is 0 Å². The monoisotopic (exact) mass is 409 g/mol. The van der Waals surface area contributed by atoms with Gasteiger partial charge in [-0.3, -0.25) is 9.48 Å². The van der Waals surface area contributed by atoms with E-state index in [1.54, 1.807) is 27.9 Å². The molecule has 8 nitrogen and oxygen atoms in total. The highest BCUT2D eigenvalue weighted by molar-refractivity contribution is 5.80. The molecule has 0 aliphatic carbocycles. The molecule has 0 radical (unpaired) electrons. The minimum atomic E-state index is -0.849. The highest BCUT2D eigenvalue weighted by atomic mass is 16.6. The molecule has 2 heterocycles. The number of aromatic nitrogens is 2. The summed E-state index contributed by atoms with van der Waals surface area (Å²) in [6.45, 7) is 1.48. The molecule has 0 atom stereocenters. The second-order valence-electron chi connectivity index (χ2n) is 7.22. The van der Waals surface area contributed by atoms with Crippen LogP contribution in [0.3, 0.4) is 0 Å². The fraction of sp³-hybridized carbons (Fsp3) is 0.318.